The van der Waals surface area contributed by atoms with Crippen LogP contribution in [0.5, 0.6) is 0 Å². The molecule has 21 heteroatoms. The highest BCUT2D eigenvalue weighted by molar-refractivity contribution is 8.16. The molecule has 0 aliphatic heterocycles. The molecule has 0 saturated heterocycles. The number of thioether (sulfide) groups is 8. The van der Waals surface area contributed by atoms with E-state index in [0.29, 0.717) is 51.8 Å². The quantitative estimate of drug-likeness (QED) is 0.0242. The largest absolute Gasteiger partial charge is 0.438 e. The van der Waals surface area contributed by atoms with Crippen LogP contribution in [0.2, 0.25) is 0 Å². The average Bonchev–Trinajstić information content (AvgIpc) is 2.93. The SMILES string of the molecule is O=C(NCSC/N=C\S(=O)CCSCCSC(=O)NCSC/N=C/OOCSCSCO)OCSCSCO. The van der Waals surface area contributed by atoms with Crippen molar-refractivity contribution < 1.29 is 38.5 Å². The number of alkyl carbamates (subject to hydrolysis) is 1. The normalized spacial score (nSPS) is 12.2. The maximum Gasteiger partial charge on any atom is 0.408 e. The first kappa shape index (κ1) is 39.7. The van der Waals surface area contributed by atoms with E-state index in [1.165, 1.54) is 94.3 Å². The summed E-state index contributed by atoms with van der Waals surface area (Å²) in [6.45, 7) is 0. The maximum atomic E-state index is 11.9. The van der Waals surface area contributed by atoms with E-state index in [4.69, 9.17) is 24.7 Å². The molecule has 0 aromatic heterocycles. The molecule has 228 valence electrons. The van der Waals surface area contributed by atoms with Crippen LogP contribution in [0.3, 0.4) is 0 Å². The van der Waals surface area contributed by atoms with E-state index in [2.05, 4.69) is 20.6 Å². The summed E-state index contributed by atoms with van der Waals surface area (Å²) in [5.41, 5.74) is 1.42. The minimum Gasteiger partial charge on any atom is -0.438 e. The van der Waals surface area contributed by atoms with Crippen LogP contribution in [0.25, 0.3) is 0 Å². The summed E-state index contributed by atoms with van der Waals surface area (Å²) in [6.07, 6.45) is 0.698. The predicted molar refractivity (Wildman–Crippen MR) is 179 cm³/mol. The number of aliphatic hydroxyl groups is 2. The van der Waals surface area contributed by atoms with Gasteiger partial charge in [-0.1, -0.05) is 11.8 Å². The third-order valence-electron chi connectivity index (χ3n) is 3.16. The van der Waals surface area contributed by atoms with Crippen LogP contribution in [0.4, 0.5) is 9.59 Å². The van der Waals surface area contributed by atoms with Crippen molar-refractivity contribution in [3.63, 3.8) is 0 Å². The Bertz CT molecular complexity index is 686. The summed E-state index contributed by atoms with van der Waals surface area (Å²) < 4.78 is 16.9. The van der Waals surface area contributed by atoms with E-state index >= 15 is 0 Å². The van der Waals surface area contributed by atoms with Gasteiger partial charge in [-0.2, -0.15) is 16.6 Å². The molecule has 0 radical (unpaired) electrons. The first-order valence-corrected chi connectivity index (χ1v) is 21.3. The van der Waals surface area contributed by atoms with Crippen molar-refractivity contribution in [1.82, 2.24) is 10.6 Å². The highest BCUT2D eigenvalue weighted by atomic mass is 32.2. The Morgan fingerprint density at radius 1 is 0.821 bits per heavy atom. The number of amides is 2. The van der Waals surface area contributed by atoms with Crippen LogP contribution in [-0.2, 0) is 25.3 Å². The predicted octanol–water partition coefficient (Wildman–Crippen LogP) is 3.60. The second-order valence-corrected chi connectivity index (χ2v) is 16.0. The second-order valence-electron chi connectivity index (χ2n) is 5.91. The lowest BCUT2D eigenvalue weighted by atomic mass is 10.9. The maximum absolute atomic E-state index is 11.9. The van der Waals surface area contributed by atoms with Crippen LogP contribution in [0.1, 0.15) is 0 Å². The van der Waals surface area contributed by atoms with Gasteiger partial charge in [-0.3, -0.25) is 14.0 Å². The van der Waals surface area contributed by atoms with Gasteiger partial charge in [0.25, 0.3) is 5.24 Å². The molecule has 0 fully saturated rings. The Morgan fingerprint density at radius 2 is 1.51 bits per heavy atom. The van der Waals surface area contributed by atoms with Gasteiger partial charge >= 0.3 is 6.09 Å². The molecule has 1 unspecified atom stereocenters. The van der Waals surface area contributed by atoms with Crippen LogP contribution < -0.4 is 10.6 Å². The van der Waals surface area contributed by atoms with Gasteiger partial charge in [0, 0.05) is 33.2 Å². The Hall–Kier alpha value is 0.710. The summed E-state index contributed by atoms with van der Waals surface area (Å²) in [5.74, 6) is 4.89. The molecular formula is C18H34N4O8S9. The minimum atomic E-state index is -1.15. The Kier molecular flexibility index (Phi) is 33.8. The fraction of sp³-hybridized carbons (Fsp3) is 0.778. The number of aliphatic imine (C=N–C) groups is 2. The molecular weight excluding hydrogens is 689 g/mol. The molecule has 0 rings (SSSR count). The molecule has 12 nitrogen and oxygen atoms in total. The number of hydrogen-bond acceptors (Lipinski definition) is 18. The summed E-state index contributed by atoms with van der Waals surface area (Å²) >= 11 is 11.2. The lowest BCUT2D eigenvalue weighted by molar-refractivity contribution is -0.196. The van der Waals surface area contributed by atoms with Crippen molar-refractivity contribution in [2.24, 2.45) is 9.98 Å². The van der Waals surface area contributed by atoms with Crippen molar-refractivity contribution in [1.29, 1.82) is 0 Å². The molecule has 0 heterocycles. The Morgan fingerprint density at radius 3 is 2.26 bits per heavy atom. The fourth-order valence-corrected chi connectivity index (χ4v) is 8.04. The molecule has 0 spiro atoms. The number of carbonyl (C=O) groups is 2. The van der Waals surface area contributed by atoms with Gasteiger partial charge < -0.3 is 30.5 Å². The summed E-state index contributed by atoms with van der Waals surface area (Å²) in [6, 6.07) is 0. The van der Waals surface area contributed by atoms with Gasteiger partial charge in [0.15, 0.2) is 0 Å². The first-order chi connectivity index (χ1) is 19.1. The number of aliphatic hydroxyl groups excluding tert-OH is 2. The minimum absolute atomic E-state index is 0.0420. The smallest absolute Gasteiger partial charge is 0.408 e. The van der Waals surface area contributed by atoms with Crippen LogP contribution in [0, 0.1) is 0 Å². The molecule has 1 atom stereocenters. The average molecular weight is 723 g/mol. The first-order valence-electron chi connectivity index (χ1n) is 10.8. The second kappa shape index (κ2) is 33.2. The van der Waals surface area contributed by atoms with Crippen molar-refractivity contribution in [3.05, 3.63) is 0 Å². The third kappa shape index (κ3) is 33.1. The zero-order valence-corrected chi connectivity index (χ0v) is 28.3. The van der Waals surface area contributed by atoms with Crippen molar-refractivity contribution in [2.45, 2.75) is 0 Å². The van der Waals surface area contributed by atoms with E-state index < -0.39 is 16.9 Å². The van der Waals surface area contributed by atoms with Gasteiger partial charge in [-0.15, -0.1) is 70.6 Å². The number of rotatable bonds is 27. The Labute approximate surface area is 265 Å². The standard InChI is InChI=1S/C18H34N4O8S9/c23-11-34-15-36-13-28-17(25)21-8-33-7-20-10-39(27)4-3-31-1-2-38-18(26)22-9-32-6-19-5-29-30-14-37-16-35-12-24/h5,10,23-24H,1-4,6-9,11-16H2,(H,21,25)(H,22,26)/b19-5+,20-10-. The molecule has 39 heavy (non-hydrogen) atoms. The fourth-order valence-electron chi connectivity index (χ4n) is 1.63. The lowest BCUT2D eigenvalue weighted by Crippen LogP contribution is -2.23. The molecule has 0 aliphatic carbocycles. The third-order valence-corrected chi connectivity index (χ3v) is 11.4. The summed E-state index contributed by atoms with van der Waals surface area (Å²) in [5, 5.41) is 23.9. The highest BCUT2D eigenvalue weighted by Gasteiger charge is 2.03. The van der Waals surface area contributed by atoms with E-state index in [1.54, 1.807) is 11.8 Å². The number of carbonyl (C=O) groups excluding carboxylic acids is 2. The monoisotopic (exact) mass is 722 g/mol. The number of nitrogens with one attached hydrogen (secondary N) is 2. The zero-order valence-electron chi connectivity index (χ0n) is 21.0. The van der Waals surface area contributed by atoms with Gasteiger partial charge in [0.1, 0.15) is 11.9 Å². The van der Waals surface area contributed by atoms with Crippen LogP contribution in [0.15, 0.2) is 9.98 Å². The molecule has 0 aromatic rings. The number of nitrogens with zero attached hydrogens (tertiary/aromatic N) is 2. The van der Waals surface area contributed by atoms with Gasteiger partial charge in [-0.25, -0.2) is 9.79 Å². The summed E-state index contributed by atoms with van der Waals surface area (Å²) in [4.78, 5) is 40.9. The van der Waals surface area contributed by atoms with E-state index in [0.717, 1.165) is 10.8 Å². The van der Waals surface area contributed by atoms with E-state index in [-0.39, 0.29) is 23.1 Å². The van der Waals surface area contributed by atoms with Crippen LogP contribution in [-0.4, -0.2) is 118 Å². The molecule has 0 aliphatic rings. The lowest BCUT2D eigenvalue weighted by Gasteiger charge is -2.05. The van der Waals surface area contributed by atoms with Crippen molar-refractivity contribution in [2.75, 3.05) is 80.4 Å². The van der Waals surface area contributed by atoms with Gasteiger partial charge in [-0.05, 0) is 0 Å². The van der Waals surface area contributed by atoms with Crippen LogP contribution >= 0.6 is 94.1 Å². The molecule has 0 bridgehead atoms. The Balaban J connectivity index is 3.46. The number of hydrogen-bond donors (Lipinski definition) is 4. The highest BCUT2D eigenvalue weighted by Crippen LogP contribution is 2.12. The van der Waals surface area contributed by atoms with Crippen molar-refractivity contribution in [3.8, 4) is 0 Å². The topological polar surface area (TPSA) is 168 Å². The number of ether oxygens (including phenoxy) is 1. The van der Waals surface area contributed by atoms with E-state index in [1.807, 2.05) is 0 Å². The summed E-state index contributed by atoms with van der Waals surface area (Å²) in [7, 11) is -1.15. The van der Waals surface area contributed by atoms with Gasteiger partial charge in [0.2, 0.25) is 6.40 Å². The molecule has 0 aromatic carbocycles. The molecule has 2 amide bonds. The molecule has 0 saturated carbocycles. The van der Waals surface area contributed by atoms with E-state index in [9.17, 15) is 13.8 Å². The zero-order chi connectivity index (χ0) is 28.7. The molecule has 4 N–H and O–H groups in total. The van der Waals surface area contributed by atoms with Gasteiger partial charge in [0.05, 0.1) is 51.7 Å². The van der Waals surface area contributed by atoms with Crippen molar-refractivity contribution >= 4 is 128 Å².